The summed E-state index contributed by atoms with van der Waals surface area (Å²) in [5.41, 5.74) is 1.01. The Hall–Kier alpha value is -2.24. The molecule has 2 aromatic carbocycles. The highest BCUT2D eigenvalue weighted by Gasteiger charge is 2.39. The molecule has 4 rings (SSSR count). The van der Waals surface area contributed by atoms with Crippen molar-refractivity contribution in [3.05, 3.63) is 59.9 Å². The number of likely N-dealkylation sites (tertiary alicyclic amines) is 1. The molecule has 0 unspecified atom stereocenters. The third kappa shape index (κ3) is 2.38. The van der Waals surface area contributed by atoms with Crippen LogP contribution in [0.4, 0.5) is 0 Å². The molecule has 1 aliphatic heterocycles. The number of hydrogen-bond donors (Lipinski definition) is 2. The van der Waals surface area contributed by atoms with Crippen molar-refractivity contribution in [1.82, 2.24) is 20.3 Å². The van der Waals surface area contributed by atoms with Gasteiger partial charge in [-0.25, -0.2) is 0 Å². The van der Waals surface area contributed by atoms with E-state index in [2.05, 4.69) is 62.8 Å². The number of hydrogen-bond acceptors (Lipinski definition) is 4. The second kappa shape index (κ2) is 5.19. The summed E-state index contributed by atoms with van der Waals surface area (Å²) in [7, 11) is 0. The maximum absolute atomic E-state index is 10.7. The average molecular weight is 294 g/mol. The topological polar surface area (TPSA) is 65.0 Å². The first-order valence-electron chi connectivity index (χ1n) is 7.52. The summed E-state index contributed by atoms with van der Waals surface area (Å²) in [6.45, 7) is 2.29. The van der Waals surface area contributed by atoms with Gasteiger partial charge in [-0.2, -0.15) is 15.4 Å². The Balaban J connectivity index is 1.52. The van der Waals surface area contributed by atoms with E-state index < -0.39 is 5.60 Å². The fraction of sp³-hybridized carbons (Fsp3) is 0.294. The molecular weight excluding hydrogens is 276 g/mol. The summed E-state index contributed by atoms with van der Waals surface area (Å²) in [6.07, 6.45) is 2.30. The Bertz CT molecular complexity index is 786. The summed E-state index contributed by atoms with van der Waals surface area (Å²) in [5, 5.41) is 23.6. The first-order chi connectivity index (χ1) is 10.7. The molecular formula is C17H18N4O. The maximum atomic E-state index is 10.7. The number of nitrogens with zero attached hydrogens (tertiary/aromatic N) is 3. The molecule has 0 amide bonds. The van der Waals surface area contributed by atoms with Crippen LogP contribution in [0.1, 0.15) is 17.7 Å². The third-order valence-corrected chi connectivity index (χ3v) is 4.44. The van der Waals surface area contributed by atoms with Gasteiger partial charge in [-0.1, -0.05) is 36.4 Å². The fourth-order valence-corrected chi connectivity index (χ4v) is 3.24. The van der Waals surface area contributed by atoms with Crippen LogP contribution in [0.25, 0.3) is 10.8 Å². The van der Waals surface area contributed by atoms with Crippen LogP contribution >= 0.6 is 0 Å². The summed E-state index contributed by atoms with van der Waals surface area (Å²) >= 11 is 0. The molecule has 1 aromatic heterocycles. The number of benzene rings is 2. The molecule has 0 aliphatic carbocycles. The minimum Gasteiger partial charge on any atom is -0.382 e. The normalized spacial score (nSPS) is 22.4. The number of rotatable bonds is 3. The zero-order valence-electron chi connectivity index (χ0n) is 12.2. The van der Waals surface area contributed by atoms with Crippen molar-refractivity contribution in [2.24, 2.45) is 0 Å². The van der Waals surface area contributed by atoms with Gasteiger partial charge in [0.25, 0.3) is 0 Å². The van der Waals surface area contributed by atoms with E-state index in [1.165, 1.54) is 16.3 Å². The summed E-state index contributed by atoms with van der Waals surface area (Å²) < 4.78 is 0. The molecule has 5 nitrogen and oxygen atoms in total. The van der Waals surface area contributed by atoms with Crippen LogP contribution in [0.3, 0.4) is 0 Å². The molecule has 112 valence electrons. The van der Waals surface area contributed by atoms with Crippen LogP contribution in [0, 0.1) is 0 Å². The lowest BCUT2D eigenvalue weighted by Gasteiger charge is -2.21. The van der Waals surface area contributed by atoms with Crippen molar-refractivity contribution in [2.45, 2.75) is 18.6 Å². The van der Waals surface area contributed by atoms with E-state index in [-0.39, 0.29) is 0 Å². The highest BCUT2D eigenvalue weighted by Crippen LogP contribution is 2.31. The SMILES string of the molecule is O[C@@]1(c2cn[nH]n2)CCN(Cc2ccc3ccccc3c2)C1. The van der Waals surface area contributed by atoms with Gasteiger partial charge in [0.1, 0.15) is 11.3 Å². The van der Waals surface area contributed by atoms with Crippen LogP contribution in [0.2, 0.25) is 0 Å². The first-order valence-corrected chi connectivity index (χ1v) is 7.52. The first kappa shape index (κ1) is 13.4. The molecule has 22 heavy (non-hydrogen) atoms. The van der Waals surface area contributed by atoms with Crippen LogP contribution in [0.15, 0.2) is 48.7 Å². The lowest BCUT2D eigenvalue weighted by atomic mass is 10.00. The van der Waals surface area contributed by atoms with Gasteiger partial charge in [0.05, 0.1) is 6.20 Å². The smallest absolute Gasteiger partial charge is 0.124 e. The molecule has 0 radical (unpaired) electrons. The number of β-amino-alcohol motifs (C(OH)–C–C–N with tert-alkyl or cyclic N) is 1. The second-order valence-electron chi connectivity index (χ2n) is 6.03. The average Bonchev–Trinajstić information content (AvgIpc) is 3.18. The van der Waals surface area contributed by atoms with E-state index >= 15 is 0 Å². The zero-order chi connectivity index (χ0) is 15.0. The summed E-state index contributed by atoms with van der Waals surface area (Å²) in [4.78, 5) is 2.26. The van der Waals surface area contributed by atoms with Crippen LogP contribution < -0.4 is 0 Å². The molecule has 3 aromatic rings. The molecule has 1 atom stereocenters. The quantitative estimate of drug-likeness (QED) is 0.776. The second-order valence-corrected chi connectivity index (χ2v) is 6.03. The number of aliphatic hydroxyl groups is 1. The molecule has 0 spiro atoms. The van der Waals surface area contributed by atoms with E-state index in [0.29, 0.717) is 18.7 Å². The highest BCUT2D eigenvalue weighted by molar-refractivity contribution is 5.82. The maximum Gasteiger partial charge on any atom is 0.124 e. The Morgan fingerprint density at radius 3 is 2.86 bits per heavy atom. The van der Waals surface area contributed by atoms with Gasteiger partial charge in [-0.05, 0) is 28.8 Å². The number of nitrogens with one attached hydrogen (secondary N) is 1. The zero-order valence-corrected chi connectivity index (χ0v) is 12.2. The number of fused-ring (bicyclic) bond motifs is 1. The molecule has 0 bridgehead atoms. The fourth-order valence-electron chi connectivity index (χ4n) is 3.24. The van der Waals surface area contributed by atoms with E-state index in [0.717, 1.165) is 13.1 Å². The Kier molecular flexibility index (Phi) is 3.17. The van der Waals surface area contributed by atoms with Crippen LogP contribution in [0.5, 0.6) is 0 Å². The summed E-state index contributed by atoms with van der Waals surface area (Å²) in [6, 6.07) is 14.9. The molecule has 5 heteroatoms. The summed E-state index contributed by atoms with van der Waals surface area (Å²) in [5.74, 6) is 0. The minimum absolute atomic E-state index is 0.590. The van der Waals surface area contributed by atoms with E-state index in [1.807, 2.05) is 0 Å². The lowest BCUT2D eigenvalue weighted by molar-refractivity contribution is 0.0409. The van der Waals surface area contributed by atoms with Gasteiger partial charge >= 0.3 is 0 Å². The predicted molar refractivity (Wildman–Crippen MR) is 84.1 cm³/mol. The molecule has 2 heterocycles. The van der Waals surface area contributed by atoms with Gasteiger partial charge in [0, 0.05) is 19.6 Å². The van der Waals surface area contributed by atoms with Crippen LogP contribution in [-0.4, -0.2) is 38.5 Å². The number of aromatic amines is 1. The predicted octanol–water partition coefficient (Wildman–Crippen LogP) is 2.05. The van der Waals surface area contributed by atoms with E-state index in [9.17, 15) is 5.11 Å². The largest absolute Gasteiger partial charge is 0.382 e. The van der Waals surface area contributed by atoms with Crippen molar-refractivity contribution >= 4 is 10.8 Å². The van der Waals surface area contributed by atoms with Crippen LogP contribution in [-0.2, 0) is 12.1 Å². The molecule has 1 saturated heterocycles. The van der Waals surface area contributed by atoms with Gasteiger partial charge in [-0.3, -0.25) is 4.90 Å². The third-order valence-electron chi connectivity index (χ3n) is 4.44. The standard InChI is InChI=1S/C17H18N4O/c22-17(16-10-18-20-19-16)7-8-21(12-17)11-13-5-6-14-3-1-2-4-15(14)9-13/h1-6,9-10,22H,7-8,11-12H2,(H,18,19,20)/t17-/m0/s1. The Morgan fingerprint density at radius 2 is 2.05 bits per heavy atom. The lowest BCUT2D eigenvalue weighted by Crippen LogP contribution is -2.31. The van der Waals surface area contributed by atoms with Crippen molar-refractivity contribution < 1.29 is 5.11 Å². The van der Waals surface area contributed by atoms with Crippen molar-refractivity contribution in [1.29, 1.82) is 0 Å². The Labute approximate surface area is 128 Å². The molecule has 1 fully saturated rings. The minimum atomic E-state index is -0.885. The van der Waals surface area contributed by atoms with Crippen molar-refractivity contribution in [3.8, 4) is 0 Å². The highest BCUT2D eigenvalue weighted by atomic mass is 16.3. The van der Waals surface area contributed by atoms with Crippen molar-refractivity contribution in [2.75, 3.05) is 13.1 Å². The molecule has 1 aliphatic rings. The molecule has 0 saturated carbocycles. The number of H-pyrrole nitrogens is 1. The number of aromatic nitrogens is 3. The van der Waals surface area contributed by atoms with Gasteiger partial charge in [-0.15, -0.1) is 0 Å². The van der Waals surface area contributed by atoms with E-state index in [4.69, 9.17) is 0 Å². The van der Waals surface area contributed by atoms with Gasteiger partial charge in [0.2, 0.25) is 0 Å². The monoisotopic (exact) mass is 294 g/mol. The van der Waals surface area contributed by atoms with Crippen molar-refractivity contribution in [3.63, 3.8) is 0 Å². The van der Waals surface area contributed by atoms with Gasteiger partial charge < -0.3 is 5.11 Å². The van der Waals surface area contributed by atoms with Gasteiger partial charge in [0.15, 0.2) is 0 Å². The van der Waals surface area contributed by atoms with E-state index in [1.54, 1.807) is 6.20 Å². The Morgan fingerprint density at radius 1 is 1.18 bits per heavy atom. The molecule has 2 N–H and O–H groups in total.